The van der Waals surface area contributed by atoms with Crippen molar-refractivity contribution < 1.29 is 13.9 Å². The molecule has 4 nitrogen and oxygen atoms in total. The number of esters is 1. The van der Waals surface area contributed by atoms with Crippen LogP contribution < -0.4 is 0 Å². The quantitative estimate of drug-likeness (QED) is 0.680. The highest BCUT2D eigenvalue weighted by atomic mass is 16.5. The summed E-state index contributed by atoms with van der Waals surface area (Å²) in [7, 11) is 1.44. The van der Waals surface area contributed by atoms with Gasteiger partial charge in [0.2, 0.25) is 0 Å². The monoisotopic (exact) mass is 295 g/mol. The lowest BCUT2D eigenvalue weighted by molar-refractivity contribution is -0.146. The Hall–Kier alpha value is -2.49. The molecule has 3 aromatic rings. The minimum absolute atomic E-state index is 0.143. The summed E-state index contributed by atoms with van der Waals surface area (Å²) in [6.07, 6.45) is 2.33. The Morgan fingerprint density at radius 3 is 2.82 bits per heavy atom. The van der Waals surface area contributed by atoms with Crippen molar-refractivity contribution in [2.24, 2.45) is 5.92 Å². The molecule has 0 fully saturated rings. The van der Waals surface area contributed by atoms with Crippen LogP contribution in [0.15, 0.2) is 47.1 Å². The zero-order chi connectivity index (χ0) is 15.3. The molecule has 0 unspecified atom stereocenters. The van der Waals surface area contributed by atoms with Gasteiger partial charge in [0, 0.05) is 23.0 Å². The molecule has 22 heavy (non-hydrogen) atoms. The average Bonchev–Trinajstić information content (AvgIpc) is 3.24. The molecule has 0 saturated carbocycles. The predicted molar refractivity (Wildman–Crippen MR) is 82.7 cm³/mol. The predicted octanol–water partition coefficient (Wildman–Crippen LogP) is 3.48. The number of furan rings is 1. The zero-order valence-electron chi connectivity index (χ0n) is 12.6. The number of aromatic nitrogens is 1. The van der Waals surface area contributed by atoms with E-state index in [1.807, 2.05) is 24.3 Å². The van der Waals surface area contributed by atoms with Crippen LogP contribution in [0.5, 0.6) is 0 Å². The van der Waals surface area contributed by atoms with Gasteiger partial charge in [-0.1, -0.05) is 18.2 Å². The molecule has 0 amide bonds. The Balaban J connectivity index is 1.97. The standard InChI is InChI=1S/C18H17NO3/c1-11-12-6-3-4-7-14(12)19-15(11)10-13(18(20)21-2)17(19)16-8-5-9-22-16/h3-9,13,17H,10H2,1-2H3/t13-,17-/m1/s1. The maximum Gasteiger partial charge on any atom is 0.311 e. The van der Waals surface area contributed by atoms with Gasteiger partial charge in [-0.25, -0.2) is 0 Å². The molecule has 3 heterocycles. The molecule has 0 bridgehead atoms. The van der Waals surface area contributed by atoms with Gasteiger partial charge in [-0.3, -0.25) is 4.79 Å². The summed E-state index contributed by atoms with van der Waals surface area (Å²) in [5, 5.41) is 1.23. The number of carbonyl (C=O) groups excluding carboxylic acids is 1. The highest BCUT2D eigenvalue weighted by Gasteiger charge is 2.42. The molecule has 2 atom stereocenters. The Kier molecular flexibility index (Phi) is 2.86. The highest BCUT2D eigenvalue weighted by Crippen LogP contribution is 2.43. The maximum atomic E-state index is 12.3. The molecular weight excluding hydrogens is 278 g/mol. The first-order chi connectivity index (χ1) is 10.7. The Bertz CT molecular complexity index is 845. The van der Waals surface area contributed by atoms with Crippen LogP contribution in [-0.4, -0.2) is 17.6 Å². The Labute approximate surface area is 128 Å². The topological polar surface area (TPSA) is 44.4 Å². The summed E-state index contributed by atoms with van der Waals surface area (Å²) in [6.45, 7) is 2.12. The molecule has 1 aliphatic rings. The van der Waals surface area contributed by atoms with E-state index in [0.717, 1.165) is 11.3 Å². The van der Waals surface area contributed by atoms with Gasteiger partial charge in [-0.2, -0.15) is 0 Å². The number of ether oxygens (including phenoxy) is 1. The van der Waals surface area contributed by atoms with E-state index >= 15 is 0 Å². The molecule has 112 valence electrons. The Morgan fingerprint density at radius 1 is 1.27 bits per heavy atom. The van der Waals surface area contributed by atoms with Crippen LogP contribution in [0.1, 0.15) is 23.1 Å². The lowest BCUT2D eigenvalue weighted by Gasteiger charge is -2.18. The molecular formula is C18H17NO3. The third-order valence-electron chi connectivity index (χ3n) is 4.70. The van der Waals surface area contributed by atoms with E-state index in [1.165, 1.54) is 23.8 Å². The van der Waals surface area contributed by atoms with Crippen molar-refractivity contribution in [1.29, 1.82) is 0 Å². The molecule has 0 saturated heterocycles. The molecule has 0 radical (unpaired) electrons. The fraction of sp³-hybridized carbons (Fsp3) is 0.278. The molecule has 4 heteroatoms. The van der Waals surface area contributed by atoms with Crippen molar-refractivity contribution in [2.75, 3.05) is 7.11 Å². The van der Waals surface area contributed by atoms with Crippen molar-refractivity contribution in [3.8, 4) is 0 Å². The van der Waals surface area contributed by atoms with E-state index in [1.54, 1.807) is 6.26 Å². The summed E-state index contributed by atoms with van der Waals surface area (Å²) in [5.74, 6) is 0.373. The first kappa shape index (κ1) is 13.2. The van der Waals surface area contributed by atoms with Gasteiger partial charge in [0.25, 0.3) is 0 Å². The van der Waals surface area contributed by atoms with Crippen molar-refractivity contribution in [3.63, 3.8) is 0 Å². The molecule has 2 aromatic heterocycles. The van der Waals surface area contributed by atoms with Crippen LogP contribution in [0.2, 0.25) is 0 Å². The Morgan fingerprint density at radius 2 is 2.09 bits per heavy atom. The number of aryl methyl sites for hydroxylation is 1. The molecule has 4 rings (SSSR count). The van der Waals surface area contributed by atoms with Gasteiger partial charge >= 0.3 is 5.97 Å². The summed E-state index contributed by atoms with van der Waals surface area (Å²) in [6, 6.07) is 11.9. The van der Waals surface area contributed by atoms with E-state index in [0.29, 0.717) is 6.42 Å². The number of benzene rings is 1. The fourth-order valence-corrected chi connectivity index (χ4v) is 3.70. The zero-order valence-corrected chi connectivity index (χ0v) is 12.6. The van der Waals surface area contributed by atoms with Crippen molar-refractivity contribution in [3.05, 3.63) is 59.7 Å². The summed E-state index contributed by atoms with van der Waals surface area (Å²) < 4.78 is 12.9. The van der Waals surface area contributed by atoms with Gasteiger partial charge in [0.15, 0.2) is 0 Å². The van der Waals surface area contributed by atoms with E-state index in [9.17, 15) is 4.79 Å². The van der Waals surface area contributed by atoms with E-state index in [-0.39, 0.29) is 17.9 Å². The minimum atomic E-state index is -0.241. The largest absolute Gasteiger partial charge is 0.469 e. The summed E-state index contributed by atoms with van der Waals surface area (Å²) in [5.41, 5.74) is 3.57. The number of hydrogen-bond acceptors (Lipinski definition) is 3. The van der Waals surface area contributed by atoms with Crippen molar-refractivity contribution >= 4 is 16.9 Å². The van der Waals surface area contributed by atoms with Gasteiger partial charge in [-0.05, 0) is 30.7 Å². The molecule has 0 N–H and O–H groups in total. The lowest BCUT2D eigenvalue weighted by Crippen LogP contribution is -2.23. The summed E-state index contributed by atoms with van der Waals surface area (Å²) >= 11 is 0. The van der Waals surface area contributed by atoms with Gasteiger partial charge in [-0.15, -0.1) is 0 Å². The van der Waals surface area contributed by atoms with Crippen LogP contribution in [0.4, 0.5) is 0 Å². The number of hydrogen-bond donors (Lipinski definition) is 0. The molecule has 1 aliphatic heterocycles. The first-order valence-corrected chi connectivity index (χ1v) is 7.42. The summed E-state index contributed by atoms with van der Waals surface area (Å²) in [4.78, 5) is 12.3. The molecule has 0 spiro atoms. The number of nitrogens with zero attached hydrogens (tertiary/aromatic N) is 1. The van der Waals surface area contributed by atoms with Crippen LogP contribution in [0.3, 0.4) is 0 Å². The second-order valence-electron chi connectivity index (χ2n) is 5.75. The van der Waals surface area contributed by atoms with E-state index < -0.39 is 0 Å². The number of fused-ring (bicyclic) bond motifs is 3. The third-order valence-corrected chi connectivity index (χ3v) is 4.70. The number of methoxy groups -OCH3 is 1. The van der Waals surface area contributed by atoms with E-state index in [2.05, 4.69) is 23.6 Å². The van der Waals surface area contributed by atoms with Crippen LogP contribution in [-0.2, 0) is 16.0 Å². The number of carbonyl (C=O) groups is 1. The second-order valence-corrected chi connectivity index (χ2v) is 5.75. The van der Waals surface area contributed by atoms with Gasteiger partial charge in [0.05, 0.1) is 19.3 Å². The average molecular weight is 295 g/mol. The fourth-order valence-electron chi connectivity index (χ4n) is 3.70. The SMILES string of the molecule is COC(=O)[C@@H]1Cc2c(C)c3ccccc3n2[C@H]1c1ccco1. The maximum absolute atomic E-state index is 12.3. The van der Waals surface area contributed by atoms with Crippen LogP contribution in [0, 0.1) is 12.8 Å². The first-order valence-electron chi connectivity index (χ1n) is 7.42. The van der Waals surface area contributed by atoms with Crippen molar-refractivity contribution in [2.45, 2.75) is 19.4 Å². The lowest BCUT2D eigenvalue weighted by atomic mass is 9.95. The van der Waals surface area contributed by atoms with Crippen LogP contribution in [0.25, 0.3) is 10.9 Å². The normalized spacial score (nSPS) is 20.3. The number of para-hydroxylation sites is 1. The second kappa shape index (κ2) is 4.77. The minimum Gasteiger partial charge on any atom is -0.469 e. The molecule has 0 aliphatic carbocycles. The van der Waals surface area contributed by atoms with Crippen molar-refractivity contribution in [1.82, 2.24) is 4.57 Å². The molecule has 1 aromatic carbocycles. The number of rotatable bonds is 2. The highest BCUT2D eigenvalue weighted by molar-refractivity contribution is 5.87. The van der Waals surface area contributed by atoms with Gasteiger partial charge < -0.3 is 13.7 Å². The van der Waals surface area contributed by atoms with Gasteiger partial charge in [0.1, 0.15) is 11.8 Å². The third kappa shape index (κ3) is 1.67. The van der Waals surface area contributed by atoms with E-state index in [4.69, 9.17) is 9.15 Å². The smallest absolute Gasteiger partial charge is 0.311 e. The van der Waals surface area contributed by atoms with Crippen LogP contribution >= 0.6 is 0 Å².